The number of amides is 3. The van der Waals surface area contributed by atoms with Gasteiger partial charge in [-0.25, -0.2) is 5.01 Å². The van der Waals surface area contributed by atoms with E-state index in [1.807, 2.05) is 103 Å². The summed E-state index contributed by atoms with van der Waals surface area (Å²) >= 11 is 0. The molecule has 5 aromatic rings. The fourth-order valence-corrected chi connectivity index (χ4v) is 14.7. The lowest BCUT2D eigenvalue weighted by Gasteiger charge is -2.39. The first-order valence-corrected chi connectivity index (χ1v) is 24.9. The molecule has 0 bridgehead atoms. The molecule has 12 heteroatoms. The zero-order chi connectivity index (χ0) is 44.0. The van der Waals surface area contributed by atoms with Crippen molar-refractivity contribution in [2.24, 2.45) is 11.0 Å². The lowest BCUT2D eigenvalue weighted by Crippen LogP contribution is -2.52. The Morgan fingerprint density at radius 2 is 1.57 bits per heavy atom. The van der Waals surface area contributed by atoms with E-state index in [9.17, 15) is 14.7 Å². The van der Waals surface area contributed by atoms with Crippen LogP contribution in [-0.4, -0.2) is 74.5 Å². The molecule has 4 heterocycles. The van der Waals surface area contributed by atoms with Crippen LogP contribution in [-0.2, 0) is 44.2 Å². The zero-order valence-electron chi connectivity index (χ0n) is 36.5. The first kappa shape index (κ1) is 42.2. The van der Waals surface area contributed by atoms with E-state index in [-0.39, 0.29) is 54.8 Å². The third-order valence-corrected chi connectivity index (χ3v) is 18.3. The number of methoxy groups -OCH3 is 2. The summed E-state index contributed by atoms with van der Waals surface area (Å²) in [5.74, 6) is 0.572. The zero-order valence-corrected chi connectivity index (χ0v) is 37.5. The SMILES string of the molecule is COc1ccc([Si](C)(C)[C@@H]2[C@@H](CC(=O)N3Cc4ccccc4C[C@H]3CO)O[C@]3(C(=O)N(Cc4cccc(N5N=C(c6ccccc6)CCC5=O)c4)c4ccc(OC)cc43)[C@H]2C)cc1. The molecule has 5 atom stereocenters. The normalized spacial score (nSPS) is 23.1. The number of hydrazone groups is 1. The molecule has 1 N–H and O–H groups in total. The van der Waals surface area contributed by atoms with Gasteiger partial charge in [0.15, 0.2) is 5.60 Å². The second-order valence-corrected chi connectivity index (χ2v) is 22.4. The van der Waals surface area contributed by atoms with E-state index in [1.54, 1.807) is 24.0 Å². The Morgan fingerprint density at radius 1 is 0.857 bits per heavy atom. The quantitative estimate of drug-likeness (QED) is 0.138. The highest BCUT2D eigenvalue weighted by Crippen LogP contribution is 2.60. The lowest BCUT2D eigenvalue weighted by atomic mass is 9.82. The van der Waals surface area contributed by atoms with Gasteiger partial charge >= 0.3 is 0 Å². The van der Waals surface area contributed by atoms with Gasteiger partial charge in [-0.05, 0) is 76.7 Å². The number of hydrogen-bond acceptors (Lipinski definition) is 8. The lowest BCUT2D eigenvalue weighted by molar-refractivity contribution is -0.151. The van der Waals surface area contributed by atoms with E-state index in [2.05, 4.69) is 38.2 Å². The maximum atomic E-state index is 15.6. The molecule has 0 radical (unpaired) electrons. The van der Waals surface area contributed by atoms with Crippen molar-refractivity contribution in [3.8, 4) is 11.5 Å². The van der Waals surface area contributed by atoms with Crippen LogP contribution in [0, 0.1) is 5.92 Å². The number of nitrogens with zero attached hydrogens (tertiary/aromatic N) is 4. The first-order chi connectivity index (χ1) is 30.5. The van der Waals surface area contributed by atoms with Gasteiger partial charge in [0.05, 0.1) is 71.1 Å². The van der Waals surface area contributed by atoms with Gasteiger partial charge in [-0.1, -0.05) is 104 Å². The minimum atomic E-state index is -2.59. The van der Waals surface area contributed by atoms with E-state index in [0.717, 1.165) is 38.9 Å². The molecule has 0 aromatic heterocycles. The van der Waals surface area contributed by atoms with E-state index >= 15 is 4.79 Å². The number of carbonyl (C=O) groups excluding carboxylic acids is 3. The summed E-state index contributed by atoms with van der Waals surface area (Å²) in [5, 5.41) is 18.0. The highest BCUT2D eigenvalue weighted by Gasteiger charge is 2.66. The van der Waals surface area contributed by atoms with Crippen LogP contribution in [0.5, 0.6) is 11.5 Å². The van der Waals surface area contributed by atoms with Crippen LogP contribution in [0.2, 0.25) is 18.6 Å². The molecular weight excluding hydrogens is 809 g/mol. The fraction of sp³-hybridized carbons (Fsp3) is 0.333. The van der Waals surface area contributed by atoms with Crippen molar-refractivity contribution in [3.63, 3.8) is 0 Å². The monoisotopic (exact) mass is 862 g/mol. The highest BCUT2D eigenvalue weighted by atomic mass is 28.3. The van der Waals surface area contributed by atoms with Crippen molar-refractivity contribution in [2.75, 3.05) is 30.7 Å². The van der Waals surface area contributed by atoms with Crippen LogP contribution in [0.3, 0.4) is 0 Å². The molecule has 3 amide bonds. The summed E-state index contributed by atoms with van der Waals surface area (Å²) in [4.78, 5) is 47.3. The summed E-state index contributed by atoms with van der Waals surface area (Å²) in [6.07, 6.45) is 0.880. The second-order valence-electron chi connectivity index (χ2n) is 17.8. The summed E-state index contributed by atoms with van der Waals surface area (Å²) in [6.45, 7) is 7.15. The number of rotatable bonds is 11. The Morgan fingerprint density at radius 3 is 2.30 bits per heavy atom. The Labute approximate surface area is 369 Å². The van der Waals surface area contributed by atoms with Crippen LogP contribution in [0.4, 0.5) is 11.4 Å². The maximum Gasteiger partial charge on any atom is 0.264 e. The molecule has 63 heavy (non-hydrogen) atoms. The summed E-state index contributed by atoms with van der Waals surface area (Å²) in [6, 6.07) is 39.1. The number of benzene rings is 5. The van der Waals surface area contributed by atoms with Crippen LogP contribution in [0.25, 0.3) is 0 Å². The van der Waals surface area contributed by atoms with Gasteiger partial charge in [0.2, 0.25) is 11.8 Å². The van der Waals surface area contributed by atoms with Crippen LogP contribution < -0.4 is 24.6 Å². The van der Waals surface area contributed by atoms with Crippen molar-refractivity contribution in [3.05, 3.63) is 149 Å². The Balaban J connectivity index is 1.09. The van der Waals surface area contributed by atoms with Crippen molar-refractivity contribution in [1.29, 1.82) is 0 Å². The summed E-state index contributed by atoms with van der Waals surface area (Å²) in [5.41, 5.74) is 5.25. The van der Waals surface area contributed by atoms with E-state index in [0.29, 0.717) is 48.5 Å². The van der Waals surface area contributed by atoms with Crippen molar-refractivity contribution < 1.29 is 33.7 Å². The number of carbonyl (C=O) groups is 3. The van der Waals surface area contributed by atoms with E-state index in [4.69, 9.17) is 19.3 Å². The van der Waals surface area contributed by atoms with Crippen LogP contribution in [0.1, 0.15) is 54.0 Å². The average Bonchev–Trinajstić information content (AvgIpc) is 3.74. The molecular formula is C51H54N4O7Si. The molecule has 0 unspecified atom stereocenters. The molecule has 11 nitrogen and oxygen atoms in total. The molecule has 324 valence electrons. The van der Waals surface area contributed by atoms with Gasteiger partial charge in [0.25, 0.3) is 5.91 Å². The molecule has 1 saturated heterocycles. The molecule has 1 spiro atoms. The highest BCUT2D eigenvalue weighted by molar-refractivity contribution is 6.91. The Hall–Kier alpha value is -6.08. The van der Waals surface area contributed by atoms with Crippen molar-refractivity contribution >= 4 is 48.1 Å². The van der Waals surface area contributed by atoms with Gasteiger partial charge in [-0.2, -0.15) is 5.10 Å². The van der Waals surface area contributed by atoms with E-state index in [1.165, 1.54) is 5.01 Å². The van der Waals surface area contributed by atoms with E-state index < -0.39 is 19.8 Å². The van der Waals surface area contributed by atoms with Gasteiger partial charge in [-0.15, -0.1) is 0 Å². The van der Waals surface area contributed by atoms with Crippen LogP contribution >= 0.6 is 0 Å². The molecule has 4 aliphatic heterocycles. The molecule has 4 aliphatic rings. The molecule has 1 fully saturated rings. The standard InChI is InChI=1S/C51H54N4O7Si/c1-33-49(63(4,5)42-21-18-40(60-2)19-22-42)46(29-48(58)53-31-37-16-10-9-15-36(37)27-39(53)32-56)62-51(33)43-28-41(61-3)20-24-45(43)54(50(51)59)30-34-12-11-17-38(26-34)55-47(57)25-23-44(52-55)35-13-7-6-8-14-35/h6-22,24,26,28,33,39,46,49,56H,23,25,27,29-32H2,1-5H3/t33-,39-,46+,49-,51+/m0/s1. The predicted molar refractivity (Wildman–Crippen MR) is 246 cm³/mol. The van der Waals surface area contributed by atoms with Gasteiger partial charge in [0, 0.05) is 30.9 Å². The number of hydrogen-bond donors (Lipinski definition) is 1. The Bertz CT molecular complexity index is 2580. The fourth-order valence-electron chi connectivity index (χ4n) is 10.7. The third-order valence-electron chi connectivity index (χ3n) is 13.9. The minimum absolute atomic E-state index is 0.0476. The number of aliphatic hydroxyl groups excluding tert-OH is 1. The van der Waals surface area contributed by atoms with Gasteiger partial charge in [0.1, 0.15) is 11.5 Å². The minimum Gasteiger partial charge on any atom is -0.497 e. The predicted octanol–water partition coefficient (Wildman–Crippen LogP) is 7.33. The Kier molecular flexibility index (Phi) is 11.3. The topological polar surface area (TPSA) is 121 Å². The maximum absolute atomic E-state index is 15.6. The van der Waals surface area contributed by atoms with Crippen LogP contribution in [0.15, 0.2) is 126 Å². The smallest absolute Gasteiger partial charge is 0.264 e. The molecule has 0 aliphatic carbocycles. The van der Waals surface area contributed by atoms with Crippen molar-refractivity contribution in [2.45, 2.75) is 82.1 Å². The van der Waals surface area contributed by atoms with Gasteiger partial charge < -0.3 is 29.1 Å². The van der Waals surface area contributed by atoms with Gasteiger partial charge in [-0.3, -0.25) is 14.4 Å². The number of fused-ring (bicyclic) bond motifs is 3. The summed E-state index contributed by atoms with van der Waals surface area (Å²) in [7, 11) is 0.674. The number of anilines is 2. The number of aliphatic hydroxyl groups is 1. The average molecular weight is 863 g/mol. The largest absolute Gasteiger partial charge is 0.497 e. The molecule has 9 rings (SSSR count). The molecule has 0 saturated carbocycles. The number of ether oxygens (including phenoxy) is 3. The van der Waals surface area contributed by atoms with Crippen molar-refractivity contribution in [1.82, 2.24) is 4.90 Å². The second kappa shape index (κ2) is 16.9. The third kappa shape index (κ3) is 7.43. The first-order valence-electron chi connectivity index (χ1n) is 21.8. The summed E-state index contributed by atoms with van der Waals surface area (Å²) < 4.78 is 18.7. The molecule has 5 aromatic carbocycles.